The van der Waals surface area contributed by atoms with Crippen LogP contribution in [0.1, 0.15) is 63.2 Å². The summed E-state index contributed by atoms with van der Waals surface area (Å²) in [5.41, 5.74) is 0.745. The van der Waals surface area contributed by atoms with E-state index in [1.165, 1.54) is 0 Å². The van der Waals surface area contributed by atoms with Gasteiger partial charge in [0.05, 0.1) is 0 Å². The Morgan fingerprint density at radius 2 is 1.88 bits per heavy atom. The molecule has 3 amide bonds. The molecular weight excluding hydrogens is 330 g/mol. The van der Waals surface area contributed by atoms with Crippen LogP contribution in [0.4, 0.5) is 10.5 Å². The highest BCUT2D eigenvalue weighted by molar-refractivity contribution is 5.97. The fraction of sp³-hybridized carbons (Fsp3) is 0.600. The van der Waals surface area contributed by atoms with E-state index >= 15 is 0 Å². The number of aliphatic hydroxyl groups excluding tert-OH is 1. The van der Waals surface area contributed by atoms with Crippen molar-refractivity contribution in [2.45, 2.75) is 64.5 Å². The third kappa shape index (κ3) is 6.33. The molecule has 0 heterocycles. The Labute approximate surface area is 155 Å². The van der Waals surface area contributed by atoms with Crippen LogP contribution in [0.3, 0.4) is 0 Å². The minimum atomic E-state index is -0.323. The molecule has 0 radical (unpaired) electrons. The Morgan fingerprint density at radius 3 is 2.58 bits per heavy atom. The molecule has 1 saturated carbocycles. The van der Waals surface area contributed by atoms with Crippen molar-refractivity contribution in [3.8, 4) is 0 Å². The van der Waals surface area contributed by atoms with E-state index < -0.39 is 0 Å². The van der Waals surface area contributed by atoms with Gasteiger partial charge in [0.1, 0.15) is 0 Å². The summed E-state index contributed by atoms with van der Waals surface area (Å²) in [7, 11) is 0. The van der Waals surface area contributed by atoms with Crippen molar-refractivity contribution >= 4 is 17.6 Å². The zero-order chi connectivity index (χ0) is 19.2. The van der Waals surface area contributed by atoms with Crippen molar-refractivity contribution in [3.05, 3.63) is 29.8 Å². The monoisotopic (exact) mass is 361 g/mol. The van der Waals surface area contributed by atoms with Gasteiger partial charge >= 0.3 is 6.03 Å². The number of rotatable bonds is 4. The van der Waals surface area contributed by atoms with E-state index in [9.17, 15) is 14.7 Å². The van der Waals surface area contributed by atoms with Crippen LogP contribution in [0.2, 0.25) is 0 Å². The van der Waals surface area contributed by atoms with E-state index in [0.717, 1.165) is 32.1 Å². The lowest BCUT2D eigenvalue weighted by atomic mass is 9.96. The molecule has 0 aromatic heterocycles. The molecule has 1 aliphatic carbocycles. The lowest BCUT2D eigenvalue weighted by Crippen LogP contribution is -2.43. The van der Waals surface area contributed by atoms with Crippen LogP contribution in [0.15, 0.2) is 24.3 Å². The van der Waals surface area contributed by atoms with E-state index in [-0.39, 0.29) is 36.0 Å². The SMILES string of the molecule is CC(C)(C)NC(=O)c1cccc(NC(=O)N[C@@H]2CCCCC[C@@H]2CO)c1. The summed E-state index contributed by atoms with van der Waals surface area (Å²) in [5.74, 6) is -0.0715. The average molecular weight is 361 g/mol. The maximum atomic E-state index is 12.4. The van der Waals surface area contributed by atoms with Gasteiger partial charge < -0.3 is 21.1 Å². The molecule has 26 heavy (non-hydrogen) atoms. The molecule has 4 N–H and O–H groups in total. The molecule has 0 aliphatic heterocycles. The van der Waals surface area contributed by atoms with Crippen LogP contribution in [0.5, 0.6) is 0 Å². The van der Waals surface area contributed by atoms with E-state index in [1.807, 2.05) is 20.8 Å². The molecule has 144 valence electrons. The van der Waals surface area contributed by atoms with Crippen molar-refractivity contribution < 1.29 is 14.7 Å². The molecule has 1 aromatic carbocycles. The minimum Gasteiger partial charge on any atom is -0.396 e. The first-order valence-electron chi connectivity index (χ1n) is 9.39. The molecule has 2 atom stereocenters. The number of hydrogen-bond acceptors (Lipinski definition) is 3. The summed E-state index contributed by atoms with van der Waals surface area (Å²) in [4.78, 5) is 24.6. The van der Waals surface area contributed by atoms with Crippen LogP contribution < -0.4 is 16.0 Å². The first-order chi connectivity index (χ1) is 12.3. The highest BCUT2D eigenvalue weighted by Gasteiger charge is 2.24. The van der Waals surface area contributed by atoms with Gasteiger partial charge in [-0.15, -0.1) is 0 Å². The number of anilines is 1. The molecule has 1 fully saturated rings. The Hall–Kier alpha value is -2.08. The number of carbonyl (C=O) groups is 2. The molecule has 0 spiro atoms. The van der Waals surface area contributed by atoms with Gasteiger partial charge in [-0.2, -0.15) is 0 Å². The predicted molar refractivity (Wildman–Crippen MR) is 103 cm³/mol. The van der Waals surface area contributed by atoms with Gasteiger partial charge in [-0.3, -0.25) is 4.79 Å². The van der Waals surface area contributed by atoms with Crippen LogP contribution in [-0.4, -0.2) is 35.2 Å². The smallest absolute Gasteiger partial charge is 0.319 e. The molecule has 6 heteroatoms. The van der Waals surface area contributed by atoms with Gasteiger partial charge in [0.25, 0.3) is 5.91 Å². The van der Waals surface area contributed by atoms with Crippen molar-refractivity contribution in [3.63, 3.8) is 0 Å². The summed E-state index contributed by atoms with van der Waals surface area (Å²) >= 11 is 0. The highest BCUT2D eigenvalue weighted by atomic mass is 16.3. The summed E-state index contributed by atoms with van der Waals surface area (Å²) in [6.07, 6.45) is 5.11. The normalized spacial score (nSPS) is 20.8. The number of aliphatic hydroxyl groups is 1. The highest BCUT2D eigenvalue weighted by Crippen LogP contribution is 2.23. The third-order valence-electron chi connectivity index (χ3n) is 4.58. The summed E-state index contributed by atoms with van der Waals surface area (Å²) in [6, 6.07) is 6.56. The van der Waals surface area contributed by atoms with Gasteiger partial charge in [-0.05, 0) is 51.8 Å². The molecule has 1 aromatic rings. The maximum absolute atomic E-state index is 12.4. The molecule has 1 aliphatic rings. The zero-order valence-electron chi connectivity index (χ0n) is 16.0. The van der Waals surface area contributed by atoms with E-state index in [1.54, 1.807) is 24.3 Å². The Balaban J connectivity index is 1.98. The van der Waals surface area contributed by atoms with Gasteiger partial charge in [-0.25, -0.2) is 4.79 Å². The number of amides is 3. The topological polar surface area (TPSA) is 90.5 Å². The number of carbonyl (C=O) groups excluding carboxylic acids is 2. The number of urea groups is 1. The first kappa shape index (κ1) is 20.2. The lowest BCUT2D eigenvalue weighted by molar-refractivity contribution is 0.0919. The summed E-state index contributed by atoms with van der Waals surface area (Å²) in [6.45, 7) is 5.85. The predicted octanol–water partition coefficient (Wildman–Crippen LogP) is 3.28. The average Bonchev–Trinajstić information content (AvgIpc) is 2.78. The molecular formula is C20H31N3O3. The van der Waals surface area contributed by atoms with Crippen molar-refractivity contribution in [2.24, 2.45) is 5.92 Å². The van der Waals surface area contributed by atoms with Crippen LogP contribution in [0, 0.1) is 5.92 Å². The quantitative estimate of drug-likeness (QED) is 0.620. The molecule has 0 saturated heterocycles. The molecule has 6 nitrogen and oxygen atoms in total. The lowest BCUT2D eigenvalue weighted by Gasteiger charge is -2.24. The second-order valence-electron chi connectivity index (χ2n) is 8.07. The largest absolute Gasteiger partial charge is 0.396 e. The minimum absolute atomic E-state index is 0.0186. The van der Waals surface area contributed by atoms with Gasteiger partial charge in [0.15, 0.2) is 0 Å². The Morgan fingerprint density at radius 1 is 1.15 bits per heavy atom. The van der Waals surface area contributed by atoms with Crippen LogP contribution in [0.25, 0.3) is 0 Å². The van der Waals surface area contributed by atoms with Gasteiger partial charge in [-0.1, -0.05) is 25.3 Å². The number of hydrogen-bond donors (Lipinski definition) is 4. The Bertz CT molecular complexity index is 625. The second kappa shape index (κ2) is 9.03. The van der Waals surface area contributed by atoms with E-state index in [4.69, 9.17) is 0 Å². The first-order valence-corrected chi connectivity index (χ1v) is 9.39. The molecule has 2 rings (SSSR count). The summed E-state index contributed by atoms with van der Waals surface area (Å²) in [5, 5.41) is 18.3. The standard InChI is InChI=1S/C20H31N3O3/c1-20(2,3)23-18(25)14-9-7-10-16(12-14)21-19(26)22-17-11-6-4-5-8-15(17)13-24/h7,9-10,12,15,17,24H,4-6,8,11,13H2,1-3H3,(H,23,25)(H2,21,22,26)/t15-,17-/m1/s1. The van der Waals surface area contributed by atoms with E-state index in [2.05, 4.69) is 16.0 Å². The molecule has 0 unspecified atom stereocenters. The fourth-order valence-corrected chi connectivity index (χ4v) is 3.28. The number of nitrogens with one attached hydrogen (secondary N) is 3. The Kier molecular flexibility index (Phi) is 7.03. The van der Waals surface area contributed by atoms with Crippen molar-refractivity contribution in [2.75, 3.05) is 11.9 Å². The van der Waals surface area contributed by atoms with Gasteiger partial charge in [0.2, 0.25) is 0 Å². The number of benzene rings is 1. The fourth-order valence-electron chi connectivity index (χ4n) is 3.28. The van der Waals surface area contributed by atoms with Gasteiger partial charge in [0, 0.05) is 35.4 Å². The summed E-state index contributed by atoms with van der Waals surface area (Å²) < 4.78 is 0. The van der Waals surface area contributed by atoms with Crippen LogP contribution >= 0.6 is 0 Å². The third-order valence-corrected chi connectivity index (χ3v) is 4.58. The van der Waals surface area contributed by atoms with E-state index in [0.29, 0.717) is 11.3 Å². The van der Waals surface area contributed by atoms with Crippen LogP contribution in [-0.2, 0) is 0 Å². The molecule has 0 bridgehead atoms. The van der Waals surface area contributed by atoms with Crippen molar-refractivity contribution in [1.29, 1.82) is 0 Å². The maximum Gasteiger partial charge on any atom is 0.319 e. The zero-order valence-corrected chi connectivity index (χ0v) is 16.0. The second-order valence-corrected chi connectivity index (χ2v) is 8.07. The van der Waals surface area contributed by atoms with Crippen molar-refractivity contribution in [1.82, 2.24) is 10.6 Å².